The Kier molecular flexibility index (Phi) is 3.81. The van der Waals surface area contributed by atoms with Gasteiger partial charge in [0, 0.05) is 16.9 Å². The van der Waals surface area contributed by atoms with Crippen molar-refractivity contribution in [3.63, 3.8) is 0 Å². The summed E-state index contributed by atoms with van der Waals surface area (Å²) in [5.41, 5.74) is 2.83. The van der Waals surface area contributed by atoms with Crippen molar-refractivity contribution in [2.24, 2.45) is 5.92 Å². The highest BCUT2D eigenvalue weighted by Gasteiger charge is 2.10. The van der Waals surface area contributed by atoms with Gasteiger partial charge in [0.25, 0.3) is 0 Å². The second-order valence-electron chi connectivity index (χ2n) is 5.22. The Morgan fingerprint density at radius 3 is 3.05 bits per heavy atom. The maximum Gasteiger partial charge on any atom is 0.417 e. The Hall–Kier alpha value is -2.41. The number of oxazole rings is 1. The normalized spacial score (nSPS) is 11.2. The van der Waals surface area contributed by atoms with Gasteiger partial charge in [-0.05, 0) is 12.1 Å². The monoisotopic (exact) mass is 317 g/mol. The Labute approximate surface area is 130 Å². The van der Waals surface area contributed by atoms with Crippen LogP contribution >= 0.6 is 11.3 Å². The molecular weight excluding hydrogens is 302 g/mol. The molecule has 0 unspecified atom stereocenters. The van der Waals surface area contributed by atoms with Crippen LogP contribution < -0.4 is 11.1 Å². The summed E-state index contributed by atoms with van der Waals surface area (Å²) in [5, 5.41) is 5.59. The summed E-state index contributed by atoms with van der Waals surface area (Å²) in [6.45, 7) is 4.12. The molecule has 114 valence electrons. The number of thiazole rings is 1. The molecule has 0 fully saturated rings. The molecule has 0 saturated carbocycles. The lowest BCUT2D eigenvalue weighted by atomic mass is 10.1. The summed E-state index contributed by atoms with van der Waals surface area (Å²) in [4.78, 5) is 29.8. The zero-order valence-electron chi connectivity index (χ0n) is 12.2. The van der Waals surface area contributed by atoms with Crippen LogP contribution in [0.25, 0.3) is 22.4 Å². The standard InChI is InChI=1S/C15H15N3O3S/c1-8(2)14(19)16-6-13-17-11(7-22-13)9-3-4-10-12(5-9)21-15(20)18-10/h3-5,7-8H,6H2,1-2H3,(H,16,19)(H,18,20). The molecule has 0 aliphatic rings. The van der Waals surface area contributed by atoms with Crippen molar-refractivity contribution < 1.29 is 9.21 Å². The Bertz CT molecular complexity index is 875. The summed E-state index contributed by atoms with van der Waals surface area (Å²) >= 11 is 1.48. The van der Waals surface area contributed by atoms with E-state index >= 15 is 0 Å². The maximum absolute atomic E-state index is 11.6. The van der Waals surface area contributed by atoms with Gasteiger partial charge in [-0.15, -0.1) is 11.3 Å². The second kappa shape index (κ2) is 5.76. The molecule has 0 radical (unpaired) electrons. The number of H-pyrrole nitrogens is 1. The number of carbonyl (C=O) groups excluding carboxylic acids is 1. The number of hydrogen-bond acceptors (Lipinski definition) is 5. The van der Waals surface area contributed by atoms with E-state index in [0.29, 0.717) is 17.6 Å². The van der Waals surface area contributed by atoms with Gasteiger partial charge in [0.05, 0.1) is 17.8 Å². The number of nitrogens with one attached hydrogen (secondary N) is 2. The molecule has 0 saturated heterocycles. The molecule has 6 nitrogen and oxygen atoms in total. The molecule has 0 bridgehead atoms. The van der Waals surface area contributed by atoms with Gasteiger partial charge >= 0.3 is 5.76 Å². The number of carbonyl (C=O) groups is 1. The van der Waals surface area contributed by atoms with Crippen LogP contribution in [0.15, 0.2) is 32.8 Å². The number of hydrogen-bond donors (Lipinski definition) is 2. The molecule has 0 spiro atoms. The van der Waals surface area contributed by atoms with Crippen molar-refractivity contribution >= 4 is 28.3 Å². The number of aromatic nitrogens is 2. The van der Waals surface area contributed by atoms with Crippen LogP contribution in [0.4, 0.5) is 0 Å². The minimum atomic E-state index is -0.470. The van der Waals surface area contributed by atoms with Gasteiger partial charge in [-0.2, -0.15) is 0 Å². The first-order valence-electron chi connectivity index (χ1n) is 6.88. The molecule has 7 heteroatoms. The average Bonchev–Trinajstić information content (AvgIpc) is 3.08. The molecule has 2 N–H and O–H groups in total. The van der Waals surface area contributed by atoms with Crippen molar-refractivity contribution in [1.29, 1.82) is 0 Å². The van der Waals surface area contributed by atoms with E-state index in [1.807, 2.05) is 25.3 Å². The van der Waals surface area contributed by atoms with E-state index in [-0.39, 0.29) is 11.8 Å². The third-order valence-corrected chi connectivity index (χ3v) is 4.06. The number of fused-ring (bicyclic) bond motifs is 1. The third kappa shape index (κ3) is 2.94. The van der Waals surface area contributed by atoms with Gasteiger partial charge < -0.3 is 9.73 Å². The first-order valence-corrected chi connectivity index (χ1v) is 7.76. The van der Waals surface area contributed by atoms with Crippen molar-refractivity contribution in [2.75, 3.05) is 0 Å². The highest BCUT2D eigenvalue weighted by atomic mass is 32.1. The number of nitrogens with zero attached hydrogens (tertiary/aromatic N) is 1. The molecule has 22 heavy (non-hydrogen) atoms. The molecule has 2 aromatic heterocycles. The third-order valence-electron chi connectivity index (χ3n) is 3.21. The Morgan fingerprint density at radius 2 is 2.27 bits per heavy atom. The van der Waals surface area contributed by atoms with Crippen molar-refractivity contribution in [3.8, 4) is 11.3 Å². The van der Waals surface area contributed by atoms with Gasteiger partial charge in [0.15, 0.2) is 5.58 Å². The van der Waals surface area contributed by atoms with Crippen LogP contribution in [0.1, 0.15) is 18.9 Å². The summed E-state index contributed by atoms with van der Waals surface area (Å²) in [6.07, 6.45) is 0. The van der Waals surface area contributed by atoms with Crippen LogP contribution in [0, 0.1) is 5.92 Å². The molecule has 0 aliphatic heterocycles. The number of benzene rings is 1. The lowest BCUT2D eigenvalue weighted by molar-refractivity contribution is -0.124. The molecule has 1 aromatic carbocycles. The lowest BCUT2D eigenvalue weighted by Crippen LogP contribution is -2.26. The van der Waals surface area contributed by atoms with Gasteiger partial charge in [0.2, 0.25) is 5.91 Å². The minimum Gasteiger partial charge on any atom is -0.408 e. The van der Waals surface area contributed by atoms with E-state index in [1.165, 1.54) is 11.3 Å². The zero-order chi connectivity index (χ0) is 15.7. The Balaban J connectivity index is 1.79. The van der Waals surface area contributed by atoms with Gasteiger partial charge in [0.1, 0.15) is 5.01 Å². The van der Waals surface area contributed by atoms with Gasteiger partial charge in [-0.3, -0.25) is 9.78 Å². The SMILES string of the molecule is CC(C)C(=O)NCc1nc(-c2ccc3[nH]c(=O)oc3c2)cs1. The average molecular weight is 317 g/mol. The largest absolute Gasteiger partial charge is 0.417 e. The first-order chi connectivity index (χ1) is 10.5. The molecule has 3 rings (SSSR count). The fourth-order valence-corrected chi connectivity index (χ4v) is 2.74. The van der Waals surface area contributed by atoms with Gasteiger partial charge in [-0.1, -0.05) is 19.9 Å². The van der Waals surface area contributed by atoms with E-state index in [0.717, 1.165) is 16.3 Å². The fourth-order valence-electron chi connectivity index (χ4n) is 2.00. The lowest BCUT2D eigenvalue weighted by Gasteiger charge is -2.04. The van der Waals surface area contributed by atoms with Crippen LogP contribution in [0.3, 0.4) is 0 Å². The van der Waals surface area contributed by atoms with E-state index in [2.05, 4.69) is 15.3 Å². The topological polar surface area (TPSA) is 88.0 Å². The van der Waals surface area contributed by atoms with Gasteiger partial charge in [-0.25, -0.2) is 9.78 Å². The van der Waals surface area contributed by atoms with Crippen LogP contribution in [0.2, 0.25) is 0 Å². The fraction of sp³-hybridized carbons (Fsp3) is 0.267. The molecular formula is C15H15N3O3S. The number of aromatic amines is 1. The summed E-state index contributed by atoms with van der Waals surface area (Å²) < 4.78 is 5.05. The molecule has 2 heterocycles. The predicted molar refractivity (Wildman–Crippen MR) is 84.6 cm³/mol. The van der Waals surface area contributed by atoms with E-state index in [9.17, 15) is 9.59 Å². The van der Waals surface area contributed by atoms with E-state index in [1.54, 1.807) is 12.1 Å². The number of rotatable bonds is 4. The Morgan fingerprint density at radius 1 is 1.45 bits per heavy atom. The highest BCUT2D eigenvalue weighted by Crippen LogP contribution is 2.24. The van der Waals surface area contributed by atoms with Crippen LogP contribution in [-0.2, 0) is 11.3 Å². The molecule has 0 atom stereocenters. The number of amides is 1. The van der Waals surface area contributed by atoms with Crippen molar-refractivity contribution in [2.45, 2.75) is 20.4 Å². The summed E-state index contributed by atoms with van der Waals surface area (Å²) in [7, 11) is 0. The maximum atomic E-state index is 11.6. The summed E-state index contributed by atoms with van der Waals surface area (Å²) in [6, 6.07) is 5.44. The van der Waals surface area contributed by atoms with Crippen LogP contribution in [0.5, 0.6) is 0 Å². The van der Waals surface area contributed by atoms with Crippen molar-refractivity contribution in [1.82, 2.24) is 15.3 Å². The quantitative estimate of drug-likeness (QED) is 0.774. The first kappa shape index (κ1) is 14.5. The molecule has 1 amide bonds. The highest BCUT2D eigenvalue weighted by molar-refractivity contribution is 7.09. The molecule has 3 aromatic rings. The minimum absolute atomic E-state index is 0.00673. The van der Waals surface area contributed by atoms with E-state index < -0.39 is 5.76 Å². The zero-order valence-corrected chi connectivity index (χ0v) is 13.0. The summed E-state index contributed by atoms with van der Waals surface area (Å²) in [5.74, 6) is -0.506. The smallest absolute Gasteiger partial charge is 0.408 e. The van der Waals surface area contributed by atoms with E-state index in [4.69, 9.17) is 4.42 Å². The molecule has 0 aliphatic carbocycles. The predicted octanol–water partition coefficient (Wildman–Crippen LogP) is 2.52. The second-order valence-corrected chi connectivity index (χ2v) is 6.17. The van der Waals surface area contributed by atoms with Crippen LogP contribution in [-0.4, -0.2) is 15.9 Å². The van der Waals surface area contributed by atoms with Crippen molar-refractivity contribution in [3.05, 3.63) is 39.1 Å².